The zero-order chi connectivity index (χ0) is 13.2. The molecule has 1 aliphatic heterocycles. The van der Waals surface area contributed by atoms with Crippen molar-refractivity contribution in [2.24, 2.45) is 0 Å². The van der Waals surface area contributed by atoms with Crippen molar-refractivity contribution >= 4 is 17.3 Å². The van der Waals surface area contributed by atoms with Gasteiger partial charge in [-0.2, -0.15) is 0 Å². The summed E-state index contributed by atoms with van der Waals surface area (Å²) in [6.07, 6.45) is 3.36. The molecule has 1 saturated heterocycles. The fourth-order valence-corrected chi connectivity index (χ4v) is 3.49. The van der Waals surface area contributed by atoms with Gasteiger partial charge in [0.1, 0.15) is 5.54 Å². The molecule has 0 amide bonds. The van der Waals surface area contributed by atoms with E-state index in [0.717, 1.165) is 42.9 Å². The number of thiazole rings is 1. The van der Waals surface area contributed by atoms with Gasteiger partial charge in [0.2, 0.25) is 0 Å². The van der Waals surface area contributed by atoms with E-state index in [1.54, 1.807) is 11.3 Å². The average molecular weight is 268 g/mol. The molecule has 1 atom stereocenters. The van der Waals surface area contributed by atoms with Crippen LogP contribution in [0.2, 0.25) is 0 Å². The Morgan fingerprint density at radius 1 is 1.67 bits per heavy atom. The fraction of sp³-hybridized carbons (Fsp3) is 0.692. The van der Waals surface area contributed by atoms with Gasteiger partial charge in [-0.05, 0) is 32.7 Å². The zero-order valence-corrected chi connectivity index (χ0v) is 11.8. The molecular formula is C13H20N2O2S. The maximum absolute atomic E-state index is 11.7. The molecule has 1 aliphatic rings. The number of rotatable bonds is 5. The van der Waals surface area contributed by atoms with Crippen molar-refractivity contribution < 1.29 is 9.90 Å². The maximum atomic E-state index is 11.7. The summed E-state index contributed by atoms with van der Waals surface area (Å²) in [4.78, 5) is 18.2. The lowest BCUT2D eigenvalue weighted by atomic mass is 9.90. The van der Waals surface area contributed by atoms with Crippen LogP contribution in [0.5, 0.6) is 0 Å². The molecule has 100 valence electrons. The predicted octanol–water partition coefficient (Wildman–Crippen LogP) is 2.67. The molecule has 1 fully saturated rings. The van der Waals surface area contributed by atoms with Crippen LogP contribution in [0.3, 0.4) is 0 Å². The van der Waals surface area contributed by atoms with Gasteiger partial charge in [-0.15, -0.1) is 11.3 Å². The van der Waals surface area contributed by atoms with Crippen LogP contribution in [0.25, 0.3) is 0 Å². The fourth-order valence-electron chi connectivity index (χ4n) is 2.89. The van der Waals surface area contributed by atoms with E-state index in [0.29, 0.717) is 6.54 Å². The summed E-state index contributed by atoms with van der Waals surface area (Å²) >= 11 is 1.62. The van der Waals surface area contributed by atoms with E-state index in [2.05, 4.69) is 9.88 Å². The topological polar surface area (TPSA) is 53.4 Å². The minimum absolute atomic E-state index is 0.660. The van der Waals surface area contributed by atoms with E-state index in [9.17, 15) is 9.90 Å². The zero-order valence-electron chi connectivity index (χ0n) is 11.0. The van der Waals surface area contributed by atoms with Crippen molar-refractivity contribution in [3.05, 3.63) is 16.1 Å². The molecule has 1 unspecified atom stereocenters. The lowest BCUT2D eigenvalue weighted by molar-refractivity contribution is -0.150. The summed E-state index contributed by atoms with van der Waals surface area (Å²) in [6.45, 7) is 5.56. The van der Waals surface area contributed by atoms with Crippen molar-refractivity contribution in [2.45, 2.75) is 51.6 Å². The Balaban J connectivity index is 2.17. The van der Waals surface area contributed by atoms with Crippen LogP contribution < -0.4 is 0 Å². The quantitative estimate of drug-likeness (QED) is 0.892. The lowest BCUT2D eigenvalue weighted by Crippen LogP contribution is -2.50. The van der Waals surface area contributed by atoms with Crippen molar-refractivity contribution in [3.63, 3.8) is 0 Å². The van der Waals surface area contributed by atoms with Gasteiger partial charge in [-0.3, -0.25) is 9.69 Å². The van der Waals surface area contributed by atoms with E-state index in [1.165, 1.54) is 0 Å². The maximum Gasteiger partial charge on any atom is 0.324 e. The van der Waals surface area contributed by atoms with Gasteiger partial charge < -0.3 is 5.11 Å². The molecule has 18 heavy (non-hydrogen) atoms. The SMILES string of the molecule is CCCC1(C(=O)O)CCCN1Cc1csc(C)n1. The summed E-state index contributed by atoms with van der Waals surface area (Å²) in [5.74, 6) is -0.672. The Labute approximate surface area is 112 Å². The second kappa shape index (κ2) is 5.36. The summed E-state index contributed by atoms with van der Waals surface area (Å²) in [5, 5.41) is 12.7. The molecule has 2 rings (SSSR count). The number of aromatic nitrogens is 1. The molecule has 1 aromatic heterocycles. The first kappa shape index (κ1) is 13.5. The van der Waals surface area contributed by atoms with Crippen LogP contribution >= 0.6 is 11.3 Å². The molecule has 0 spiro atoms. The summed E-state index contributed by atoms with van der Waals surface area (Å²) in [6, 6.07) is 0. The van der Waals surface area contributed by atoms with Crippen molar-refractivity contribution in [1.29, 1.82) is 0 Å². The Morgan fingerprint density at radius 2 is 2.44 bits per heavy atom. The van der Waals surface area contributed by atoms with E-state index in [-0.39, 0.29) is 0 Å². The molecule has 5 heteroatoms. The highest BCUT2D eigenvalue weighted by atomic mass is 32.1. The van der Waals surface area contributed by atoms with Crippen LogP contribution in [0.15, 0.2) is 5.38 Å². The number of aliphatic carboxylic acids is 1. The Morgan fingerprint density at radius 3 is 3.00 bits per heavy atom. The van der Waals surface area contributed by atoms with Gasteiger partial charge in [0, 0.05) is 11.9 Å². The molecule has 4 nitrogen and oxygen atoms in total. The molecule has 0 saturated carbocycles. The van der Waals surface area contributed by atoms with Gasteiger partial charge in [-0.25, -0.2) is 4.98 Å². The molecule has 0 bridgehead atoms. The number of hydrogen-bond donors (Lipinski definition) is 1. The predicted molar refractivity (Wildman–Crippen MR) is 71.8 cm³/mol. The van der Waals surface area contributed by atoms with Crippen LogP contribution in [0, 0.1) is 6.92 Å². The normalized spacial score (nSPS) is 24.6. The van der Waals surface area contributed by atoms with Crippen LogP contribution in [-0.2, 0) is 11.3 Å². The minimum Gasteiger partial charge on any atom is -0.480 e. The first-order valence-electron chi connectivity index (χ1n) is 6.48. The number of aryl methyl sites for hydroxylation is 1. The van der Waals surface area contributed by atoms with Gasteiger partial charge in [0.15, 0.2) is 0 Å². The monoisotopic (exact) mass is 268 g/mol. The molecule has 2 heterocycles. The number of hydrogen-bond acceptors (Lipinski definition) is 4. The van der Waals surface area contributed by atoms with Crippen LogP contribution in [0.1, 0.15) is 43.3 Å². The number of carboxylic acid groups (broad SMARTS) is 1. The highest BCUT2D eigenvalue weighted by molar-refractivity contribution is 7.09. The molecule has 0 aromatic carbocycles. The Bertz CT molecular complexity index is 432. The van der Waals surface area contributed by atoms with Crippen molar-refractivity contribution in [3.8, 4) is 0 Å². The molecule has 0 aliphatic carbocycles. The molecule has 1 aromatic rings. The number of carboxylic acids is 1. The van der Waals surface area contributed by atoms with Gasteiger partial charge in [0.25, 0.3) is 0 Å². The Hall–Kier alpha value is -0.940. The number of carbonyl (C=O) groups is 1. The second-order valence-electron chi connectivity index (χ2n) is 4.97. The average Bonchev–Trinajstić information content (AvgIpc) is 2.88. The third-order valence-corrected chi connectivity index (χ3v) is 4.53. The van der Waals surface area contributed by atoms with Crippen molar-refractivity contribution in [2.75, 3.05) is 6.54 Å². The van der Waals surface area contributed by atoms with Crippen LogP contribution in [0.4, 0.5) is 0 Å². The Kier molecular flexibility index (Phi) is 4.02. The van der Waals surface area contributed by atoms with Gasteiger partial charge >= 0.3 is 5.97 Å². The third kappa shape index (κ3) is 2.42. The highest BCUT2D eigenvalue weighted by Crippen LogP contribution is 2.35. The van der Waals surface area contributed by atoms with E-state index < -0.39 is 11.5 Å². The number of nitrogens with zero attached hydrogens (tertiary/aromatic N) is 2. The standard InChI is InChI=1S/C13H20N2O2S/c1-3-5-13(12(16)17)6-4-7-15(13)8-11-9-18-10(2)14-11/h9H,3-8H2,1-2H3,(H,16,17). The van der Waals surface area contributed by atoms with E-state index in [4.69, 9.17) is 0 Å². The van der Waals surface area contributed by atoms with Crippen molar-refractivity contribution in [1.82, 2.24) is 9.88 Å². The molecule has 0 radical (unpaired) electrons. The molecule has 1 N–H and O–H groups in total. The molecular weight excluding hydrogens is 248 g/mol. The van der Waals surface area contributed by atoms with Gasteiger partial charge in [-0.1, -0.05) is 13.3 Å². The highest BCUT2D eigenvalue weighted by Gasteiger charge is 2.46. The summed E-state index contributed by atoms with van der Waals surface area (Å²) in [5.41, 5.74) is 0.341. The third-order valence-electron chi connectivity index (χ3n) is 3.70. The smallest absolute Gasteiger partial charge is 0.324 e. The van der Waals surface area contributed by atoms with Gasteiger partial charge in [0.05, 0.1) is 10.7 Å². The second-order valence-corrected chi connectivity index (χ2v) is 6.03. The first-order chi connectivity index (χ1) is 8.58. The van der Waals surface area contributed by atoms with Crippen LogP contribution in [-0.4, -0.2) is 33.0 Å². The lowest BCUT2D eigenvalue weighted by Gasteiger charge is -2.34. The number of likely N-dealkylation sites (tertiary alicyclic amines) is 1. The largest absolute Gasteiger partial charge is 0.480 e. The first-order valence-corrected chi connectivity index (χ1v) is 7.36. The summed E-state index contributed by atoms with van der Waals surface area (Å²) < 4.78 is 0. The summed E-state index contributed by atoms with van der Waals surface area (Å²) in [7, 11) is 0. The van der Waals surface area contributed by atoms with E-state index >= 15 is 0 Å². The van der Waals surface area contributed by atoms with E-state index in [1.807, 2.05) is 19.2 Å². The minimum atomic E-state index is -0.672.